The summed E-state index contributed by atoms with van der Waals surface area (Å²) in [6.07, 6.45) is 2.68. The number of rotatable bonds is 5. The number of carbonyl (C=O) groups is 2. The van der Waals surface area contributed by atoms with Crippen LogP contribution in [-0.4, -0.2) is 30.6 Å². The zero-order valence-corrected chi connectivity index (χ0v) is 12.8. The van der Waals surface area contributed by atoms with Gasteiger partial charge in [0.25, 0.3) is 0 Å². The van der Waals surface area contributed by atoms with E-state index in [2.05, 4.69) is 5.32 Å². The van der Waals surface area contributed by atoms with Crippen LogP contribution in [0.25, 0.3) is 0 Å². The van der Waals surface area contributed by atoms with Crippen LogP contribution in [0, 0.1) is 0 Å². The van der Waals surface area contributed by atoms with Crippen LogP contribution >= 0.6 is 12.4 Å². The molecule has 116 valence electrons. The lowest BCUT2D eigenvalue weighted by atomic mass is 9.77. The molecule has 1 amide bonds. The molecule has 0 radical (unpaired) electrons. The first kappa shape index (κ1) is 17.5. The van der Waals surface area contributed by atoms with Crippen molar-refractivity contribution in [2.45, 2.75) is 37.3 Å². The van der Waals surface area contributed by atoms with Gasteiger partial charge in [0.05, 0.1) is 12.6 Å². The van der Waals surface area contributed by atoms with Gasteiger partial charge in [-0.05, 0) is 24.8 Å². The van der Waals surface area contributed by atoms with Gasteiger partial charge in [0.15, 0.2) is 0 Å². The molecule has 1 saturated carbocycles. The first-order valence-corrected chi connectivity index (χ1v) is 6.77. The monoisotopic (exact) mass is 312 g/mol. The maximum Gasteiger partial charge on any atom is 0.328 e. The summed E-state index contributed by atoms with van der Waals surface area (Å²) in [6.45, 7) is 0. The molecule has 1 aromatic carbocycles. The van der Waals surface area contributed by atoms with Crippen molar-refractivity contribution in [3.8, 4) is 0 Å². The first-order chi connectivity index (χ1) is 9.55. The van der Waals surface area contributed by atoms with E-state index in [1.165, 1.54) is 7.11 Å². The Bertz CT molecular complexity index is 489. The molecule has 5 nitrogen and oxygen atoms in total. The molecule has 1 aromatic rings. The van der Waals surface area contributed by atoms with Crippen molar-refractivity contribution < 1.29 is 14.3 Å². The van der Waals surface area contributed by atoms with Crippen LogP contribution in [0.15, 0.2) is 30.3 Å². The molecular weight excluding hydrogens is 292 g/mol. The smallest absolute Gasteiger partial charge is 0.328 e. The average Bonchev–Trinajstić information content (AvgIpc) is 2.44. The number of esters is 1. The van der Waals surface area contributed by atoms with Gasteiger partial charge in [0, 0.05) is 6.42 Å². The molecule has 2 rings (SSSR count). The largest absolute Gasteiger partial charge is 0.467 e. The van der Waals surface area contributed by atoms with Crippen LogP contribution < -0.4 is 11.1 Å². The number of nitrogens with one attached hydrogen (secondary N) is 1. The number of carbonyl (C=O) groups excluding carboxylic acids is 2. The standard InChI is InChI=1S/C15H20N2O3.ClH/c1-20-13(18)12(10-11-6-3-2-4-7-11)17-14(19)15(16)8-5-9-15;/h2-4,6-7,12H,5,8-10,16H2,1H3,(H,17,19);1H. The van der Waals surface area contributed by atoms with E-state index in [-0.39, 0.29) is 18.3 Å². The Labute approximate surface area is 130 Å². The van der Waals surface area contributed by atoms with Crippen molar-refractivity contribution in [1.29, 1.82) is 0 Å². The molecule has 0 heterocycles. The quantitative estimate of drug-likeness (QED) is 0.800. The molecule has 0 spiro atoms. The number of hydrogen-bond acceptors (Lipinski definition) is 4. The van der Waals surface area contributed by atoms with Gasteiger partial charge >= 0.3 is 5.97 Å². The van der Waals surface area contributed by atoms with E-state index in [0.717, 1.165) is 12.0 Å². The zero-order valence-electron chi connectivity index (χ0n) is 12.0. The Balaban J connectivity index is 0.00000220. The van der Waals surface area contributed by atoms with Crippen LogP contribution in [-0.2, 0) is 20.7 Å². The third-order valence-corrected chi connectivity index (χ3v) is 3.77. The molecule has 0 saturated heterocycles. The van der Waals surface area contributed by atoms with Crippen LogP contribution in [0.3, 0.4) is 0 Å². The third kappa shape index (κ3) is 4.19. The topological polar surface area (TPSA) is 81.4 Å². The Kier molecular flexibility index (Phi) is 6.18. The van der Waals surface area contributed by atoms with Crippen molar-refractivity contribution in [3.05, 3.63) is 35.9 Å². The highest BCUT2D eigenvalue weighted by atomic mass is 35.5. The molecule has 0 bridgehead atoms. The summed E-state index contributed by atoms with van der Waals surface area (Å²) in [4.78, 5) is 23.9. The van der Waals surface area contributed by atoms with Gasteiger partial charge in [0.1, 0.15) is 6.04 Å². The minimum Gasteiger partial charge on any atom is -0.467 e. The molecule has 1 fully saturated rings. The first-order valence-electron chi connectivity index (χ1n) is 6.77. The second-order valence-corrected chi connectivity index (χ2v) is 5.25. The number of benzene rings is 1. The van der Waals surface area contributed by atoms with E-state index in [1.54, 1.807) is 0 Å². The van der Waals surface area contributed by atoms with Crippen molar-refractivity contribution in [1.82, 2.24) is 5.32 Å². The predicted molar refractivity (Wildman–Crippen MR) is 82.1 cm³/mol. The van der Waals surface area contributed by atoms with Crippen molar-refractivity contribution in [2.75, 3.05) is 7.11 Å². The maximum absolute atomic E-state index is 12.1. The third-order valence-electron chi connectivity index (χ3n) is 3.77. The lowest BCUT2D eigenvalue weighted by molar-refractivity contribution is -0.146. The summed E-state index contributed by atoms with van der Waals surface area (Å²) < 4.78 is 4.76. The maximum atomic E-state index is 12.1. The van der Waals surface area contributed by atoms with E-state index in [0.29, 0.717) is 19.3 Å². The SMILES string of the molecule is COC(=O)C(Cc1ccccc1)NC(=O)C1(N)CCC1.Cl. The second-order valence-electron chi connectivity index (χ2n) is 5.25. The number of ether oxygens (including phenoxy) is 1. The van der Waals surface area contributed by atoms with Crippen molar-refractivity contribution in [3.63, 3.8) is 0 Å². The molecule has 1 aliphatic carbocycles. The van der Waals surface area contributed by atoms with Crippen molar-refractivity contribution >= 4 is 24.3 Å². The van der Waals surface area contributed by atoms with Crippen LogP contribution in [0.5, 0.6) is 0 Å². The number of nitrogens with two attached hydrogens (primary N) is 1. The van der Waals surface area contributed by atoms with Gasteiger partial charge < -0.3 is 15.8 Å². The molecule has 6 heteroatoms. The molecule has 21 heavy (non-hydrogen) atoms. The van der Waals surface area contributed by atoms with Gasteiger partial charge in [-0.2, -0.15) is 0 Å². The summed E-state index contributed by atoms with van der Waals surface area (Å²) in [5.74, 6) is -0.722. The molecule has 0 aliphatic heterocycles. The van der Waals surface area contributed by atoms with Gasteiger partial charge in [0.2, 0.25) is 5.91 Å². The Morgan fingerprint density at radius 3 is 2.43 bits per heavy atom. The lowest BCUT2D eigenvalue weighted by Crippen LogP contribution is -2.61. The summed E-state index contributed by atoms with van der Waals surface area (Å²) in [5, 5.41) is 2.72. The lowest BCUT2D eigenvalue weighted by Gasteiger charge is -2.37. The summed E-state index contributed by atoms with van der Waals surface area (Å²) in [6, 6.07) is 8.80. The molecule has 1 atom stereocenters. The average molecular weight is 313 g/mol. The van der Waals surface area contributed by atoms with E-state index in [9.17, 15) is 9.59 Å². The Morgan fingerprint density at radius 2 is 1.95 bits per heavy atom. The van der Waals surface area contributed by atoms with E-state index < -0.39 is 17.6 Å². The summed E-state index contributed by atoms with van der Waals surface area (Å²) in [5.41, 5.74) is 6.11. The molecule has 3 N–H and O–H groups in total. The van der Waals surface area contributed by atoms with Crippen LogP contribution in [0.4, 0.5) is 0 Å². The normalized spacial score (nSPS) is 16.9. The fourth-order valence-electron chi connectivity index (χ4n) is 2.27. The van der Waals surface area contributed by atoms with Crippen LogP contribution in [0.1, 0.15) is 24.8 Å². The van der Waals surface area contributed by atoms with E-state index in [4.69, 9.17) is 10.5 Å². The number of hydrogen-bond donors (Lipinski definition) is 2. The summed E-state index contributed by atoms with van der Waals surface area (Å²) in [7, 11) is 1.31. The predicted octanol–water partition coefficient (Wildman–Crippen LogP) is 1.19. The minimum absolute atomic E-state index is 0. The number of amides is 1. The highest BCUT2D eigenvalue weighted by molar-refractivity contribution is 5.91. The fraction of sp³-hybridized carbons (Fsp3) is 0.467. The minimum atomic E-state index is -0.817. The van der Waals surface area contributed by atoms with Crippen molar-refractivity contribution in [2.24, 2.45) is 5.73 Å². The summed E-state index contributed by atoms with van der Waals surface area (Å²) >= 11 is 0. The zero-order chi connectivity index (χ0) is 14.6. The van der Waals surface area contributed by atoms with Gasteiger partial charge in [-0.25, -0.2) is 4.79 Å². The van der Waals surface area contributed by atoms with Crippen LogP contribution in [0.2, 0.25) is 0 Å². The number of methoxy groups -OCH3 is 1. The van der Waals surface area contributed by atoms with Gasteiger partial charge in [-0.15, -0.1) is 12.4 Å². The molecule has 1 unspecified atom stereocenters. The number of halogens is 1. The second kappa shape index (κ2) is 7.43. The molecule has 0 aromatic heterocycles. The highest BCUT2D eigenvalue weighted by Crippen LogP contribution is 2.29. The Hall–Kier alpha value is -1.59. The fourth-order valence-corrected chi connectivity index (χ4v) is 2.27. The van der Waals surface area contributed by atoms with E-state index >= 15 is 0 Å². The molecule has 1 aliphatic rings. The molecular formula is C15H21ClN2O3. The van der Waals surface area contributed by atoms with Gasteiger partial charge in [-0.3, -0.25) is 4.79 Å². The highest BCUT2D eigenvalue weighted by Gasteiger charge is 2.41. The van der Waals surface area contributed by atoms with E-state index in [1.807, 2.05) is 30.3 Å². The Morgan fingerprint density at radius 1 is 1.33 bits per heavy atom. The van der Waals surface area contributed by atoms with Gasteiger partial charge in [-0.1, -0.05) is 30.3 Å².